The normalized spacial score (nSPS) is 11.1. The molecule has 0 saturated heterocycles. The Bertz CT molecular complexity index is 837. The van der Waals surface area contributed by atoms with E-state index in [-0.39, 0.29) is 24.0 Å². The molecule has 0 aliphatic heterocycles. The molecule has 2 aromatic heterocycles. The Morgan fingerprint density at radius 3 is 2.86 bits per heavy atom. The number of hydrogen-bond donors (Lipinski definition) is 2. The summed E-state index contributed by atoms with van der Waals surface area (Å²) in [6.07, 6.45) is 5.80. The number of benzene rings is 1. The van der Waals surface area contributed by atoms with Gasteiger partial charge in [-0.3, -0.25) is 4.99 Å². The number of hydrogen-bond acceptors (Lipinski definition) is 5. The summed E-state index contributed by atoms with van der Waals surface area (Å²) in [5, 5.41) is 10.8. The molecule has 3 rings (SSSR count). The number of guanidine groups is 1. The zero-order chi connectivity index (χ0) is 19.4. The van der Waals surface area contributed by atoms with Crippen LogP contribution in [-0.2, 0) is 24.4 Å². The Kier molecular flexibility index (Phi) is 10.2. The molecule has 2 N–H and O–H groups in total. The van der Waals surface area contributed by atoms with Crippen LogP contribution in [0.25, 0.3) is 0 Å². The highest BCUT2D eigenvalue weighted by Gasteiger charge is 2.01. The number of ether oxygens (including phenoxy) is 1. The predicted octanol–water partition coefficient (Wildman–Crippen LogP) is 2.81. The first-order valence-electron chi connectivity index (χ1n) is 9.28. The summed E-state index contributed by atoms with van der Waals surface area (Å²) in [5.41, 5.74) is 2.36. The lowest BCUT2D eigenvalue weighted by Crippen LogP contribution is -2.37. The molecule has 0 radical (unpaired) electrons. The summed E-state index contributed by atoms with van der Waals surface area (Å²) in [5.74, 6) is 1.61. The van der Waals surface area contributed by atoms with Gasteiger partial charge in [0.15, 0.2) is 5.96 Å². The first-order chi connectivity index (χ1) is 13.8. The number of rotatable bonds is 10. The molecule has 0 atom stereocenters. The topological polar surface area (TPSA) is 89.5 Å². The van der Waals surface area contributed by atoms with Crippen LogP contribution in [0.1, 0.15) is 23.3 Å². The largest absolute Gasteiger partial charge is 0.467 e. The molecule has 1 aromatic carbocycles. The van der Waals surface area contributed by atoms with E-state index in [0.29, 0.717) is 26.3 Å². The highest BCUT2D eigenvalue weighted by atomic mass is 127. The predicted molar refractivity (Wildman–Crippen MR) is 122 cm³/mol. The van der Waals surface area contributed by atoms with Gasteiger partial charge in [-0.1, -0.05) is 24.3 Å². The molecule has 156 valence electrons. The van der Waals surface area contributed by atoms with Crippen LogP contribution in [0.5, 0.6) is 0 Å². The van der Waals surface area contributed by atoms with E-state index in [2.05, 4.69) is 50.0 Å². The Balaban J connectivity index is 0.00000300. The minimum Gasteiger partial charge on any atom is -0.467 e. The van der Waals surface area contributed by atoms with Crippen molar-refractivity contribution in [2.75, 3.05) is 20.2 Å². The van der Waals surface area contributed by atoms with Crippen LogP contribution in [0.4, 0.5) is 0 Å². The molecule has 0 saturated carbocycles. The van der Waals surface area contributed by atoms with Crippen LogP contribution in [0.15, 0.2) is 64.7 Å². The minimum atomic E-state index is 0. The van der Waals surface area contributed by atoms with Crippen molar-refractivity contribution < 1.29 is 9.15 Å². The third kappa shape index (κ3) is 8.24. The number of nitrogens with zero attached hydrogens (tertiary/aromatic N) is 4. The third-order valence-corrected chi connectivity index (χ3v) is 4.07. The van der Waals surface area contributed by atoms with Gasteiger partial charge in [-0.25, -0.2) is 9.67 Å². The molecule has 0 bridgehead atoms. The fourth-order valence-electron chi connectivity index (χ4n) is 2.69. The van der Waals surface area contributed by atoms with Crippen molar-refractivity contribution in [2.45, 2.75) is 26.1 Å². The SMILES string of the molecule is CN=C(NCCCOCc1ccco1)NCc1cccc(Cn2cncn2)c1.I. The number of halogens is 1. The van der Waals surface area contributed by atoms with Crippen LogP contribution in [0.3, 0.4) is 0 Å². The summed E-state index contributed by atoms with van der Waals surface area (Å²) in [4.78, 5) is 8.23. The van der Waals surface area contributed by atoms with Crippen molar-refractivity contribution in [3.8, 4) is 0 Å². The highest BCUT2D eigenvalue weighted by molar-refractivity contribution is 14.0. The zero-order valence-electron chi connectivity index (χ0n) is 16.5. The fraction of sp³-hybridized carbons (Fsp3) is 0.350. The van der Waals surface area contributed by atoms with Gasteiger partial charge >= 0.3 is 0 Å². The van der Waals surface area contributed by atoms with Gasteiger partial charge in [-0.2, -0.15) is 5.10 Å². The van der Waals surface area contributed by atoms with E-state index in [0.717, 1.165) is 24.7 Å². The van der Waals surface area contributed by atoms with Gasteiger partial charge < -0.3 is 19.8 Å². The first kappa shape index (κ1) is 22.9. The van der Waals surface area contributed by atoms with Gasteiger partial charge in [-0.15, -0.1) is 24.0 Å². The molecule has 0 aliphatic carbocycles. The summed E-state index contributed by atoms with van der Waals surface area (Å²) in [7, 11) is 1.77. The Labute approximate surface area is 187 Å². The van der Waals surface area contributed by atoms with Gasteiger partial charge in [0, 0.05) is 26.7 Å². The van der Waals surface area contributed by atoms with Gasteiger partial charge in [0.1, 0.15) is 25.0 Å². The van der Waals surface area contributed by atoms with Crippen molar-refractivity contribution in [1.29, 1.82) is 0 Å². The highest BCUT2D eigenvalue weighted by Crippen LogP contribution is 2.06. The summed E-state index contributed by atoms with van der Waals surface area (Å²) in [6, 6.07) is 12.2. The van der Waals surface area contributed by atoms with Crippen molar-refractivity contribution in [3.05, 3.63) is 72.2 Å². The molecule has 0 spiro atoms. The summed E-state index contributed by atoms with van der Waals surface area (Å²) >= 11 is 0. The molecule has 2 heterocycles. The Morgan fingerprint density at radius 2 is 2.10 bits per heavy atom. The van der Waals surface area contributed by atoms with Gasteiger partial charge in [0.2, 0.25) is 0 Å². The van der Waals surface area contributed by atoms with E-state index in [1.54, 1.807) is 30.6 Å². The van der Waals surface area contributed by atoms with Crippen LogP contribution >= 0.6 is 24.0 Å². The number of aromatic nitrogens is 3. The van der Waals surface area contributed by atoms with Crippen LogP contribution in [-0.4, -0.2) is 40.9 Å². The Hall–Kier alpha value is -2.40. The maximum absolute atomic E-state index is 5.57. The van der Waals surface area contributed by atoms with Crippen molar-refractivity contribution in [2.24, 2.45) is 4.99 Å². The molecule has 8 nitrogen and oxygen atoms in total. The zero-order valence-corrected chi connectivity index (χ0v) is 18.8. The van der Waals surface area contributed by atoms with E-state index in [1.165, 1.54) is 11.1 Å². The van der Waals surface area contributed by atoms with E-state index in [4.69, 9.17) is 9.15 Å². The number of furan rings is 1. The third-order valence-electron chi connectivity index (χ3n) is 4.07. The van der Waals surface area contributed by atoms with E-state index in [1.807, 2.05) is 12.1 Å². The van der Waals surface area contributed by atoms with Crippen LogP contribution in [0, 0.1) is 0 Å². The summed E-state index contributed by atoms with van der Waals surface area (Å²) < 4.78 is 12.6. The second-order valence-corrected chi connectivity index (χ2v) is 6.25. The molecule has 0 aliphatic rings. The molecule has 3 aromatic rings. The van der Waals surface area contributed by atoms with Crippen LogP contribution < -0.4 is 10.6 Å². The molecule has 0 unspecified atom stereocenters. The lowest BCUT2D eigenvalue weighted by atomic mass is 10.1. The van der Waals surface area contributed by atoms with E-state index >= 15 is 0 Å². The second-order valence-electron chi connectivity index (χ2n) is 6.25. The molecular formula is C20H27IN6O2. The van der Waals surface area contributed by atoms with Gasteiger partial charge in [-0.05, 0) is 29.7 Å². The maximum Gasteiger partial charge on any atom is 0.191 e. The van der Waals surface area contributed by atoms with Crippen molar-refractivity contribution in [3.63, 3.8) is 0 Å². The first-order valence-corrected chi connectivity index (χ1v) is 9.28. The van der Waals surface area contributed by atoms with Gasteiger partial charge in [0.05, 0.1) is 12.8 Å². The standard InChI is InChI=1S/C20H26N6O2.HI/c1-21-20(23-8-4-9-27-14-19-7-3-10-28-19)24-12-17-5-2-6-18(11-17)13-26-16-22-15-25-26;/h2-3,5-7,10-11,15-16H,4,8-9,12-14H2,1H3,(H2,21,23,24);1H. The van der Waals surface area contributed by atoms with E-state index < -0.39 is 0 Å². The quantitative estimate of drug-likeness (QED) is 0.189. The maximum atomic E-state index is 5.57. The van der Waals surface area contributed by atoms with Crippen LogP contribution in [0.2, 0.25) is 0 Å². The van der Waals surface area contributed by atoms with Crippen molar-refractivity contribution in [1.82, 2.24) is 25.4 Å². The average Bonchev–Trinajstić information content (AvgIpc) is 3.41. The van der Waals surface area contributed by atoms with Gasteiger partial charge in [0.25, 0.3) is 0 Å². The lowest BCUT2D eigenvalue weighted by molar-refractivity contribution is 0.105. The molecular weight excluding hydrogens is 483 g/mol. The summed E-state index contributed by atoms with van der Waals surface area (Å²) in [6.45, 7) is 3.35. The molecule has 0 amide bonds. The monoisotopic (exact) mass is 510 g/mol. The second kappa shape index (κ2) is 12.9. The Morgan fingerprint density at radius 1 is 1.21 bits per heavy atom. The fourth-order valence-corrected chi connectivity index (χ4v) is 2.69. The van der Waals surface area contributed by atoms with Crippen molar-refractivity contribution >= 4 is 29.9 Å². The van der Waals surface area contributed by atoms with E-state index in [9.17, 15) is 0 Å². The number of nitrogens with one attached hydrogen (secondary N) is 2. The number of aliphatic imine (C=N–C) groups is 1. The lowest BCUT2D eigenvalue weighted by Gasteiger charge is -2.12. The minimum absolute atomic E-state index is 0. The molecule has 29 heavy (non-hydrogen) atoms. The molecule has 0 fully saturated rings. The molecule has 9 heteroatoms. The average molecular weight is 510 g/mol. The smallest absolute Gasteiger partial charge is 0.191 e.